The van der Waals surface area contributed by atoms with Gasteiger partial charge < -0.3 is 9.88 Å². The van der Waals surface area contributed by atoms with Gasteiger partial charge in [-0.05, 0) is 31.4 Å². The summed E-state index contributed by atoms with van der Waals surface area (Å²) in [7, 11) is 0. The largest absolute Gasteiger partial charge is 0.342 e. The predicted octanol–water partition coefficient (Wildman–Crippen LogP) is 2.54. The topological polar surface area (TPSA) is 58.1 Å². The minimum absolute atomic E-state index is 0.0482. The summed E-state index contributed by atoms with van der Waals surface area (Å²) in [5, 5.41) is 0. The molecular formula is C17H23N3O2. The Balaban J connectivity index is 1.77. The van der Waals surface area contributed by atoms with Crippen molar-refractivity contribution < 1.29 is 4.79 Å². The molecule has 118 valence electrons. The standard InChI is InChI=1S/C17H23N3O2/c1-3-12(2)16(21)19-10-8-13(9-11-19)20-15-7-5-4-6-14(15)18-17(20)22/h4-7,12-13H,3,8-11H2,1-2H3,(H,18,22)/t12-/m0/s1. The molecule has 2 aromatic rings. The number of aromatic nitrogens is 2. The van der Waals surface area contributed by atoms with E-state index in [1.807, 2.05) is 47.6 Å². The molecule has 0 spiro atoms. The Bertz CT molecular complexity index is 723. The number of aromatic amines is 1. The number of fused-ring (bicyclic) bond motifs is 1. The van der Waals surface area contributed by atoms with Crippen molar-refractivity contribution in [1.29, 1.82) is 0 Å². The zero-order chi connectivity index (χ0) is 15.7. The number of para-hydroxylation sites is 2. The van der Waals surface area contributed by atoms with Gasteiger partial charge in [0.1, 0.15) is 0 Å². The van der Waals surface area contributed by atoms with Gasteiger partial charge in [0.05, 0.1) is 11.0 Å². The first-order valence-corrected chi connectivity index (χ1v) is 8.09. The van der Waals surface area contributed by atoms with Crippen molar-refractivity contribution in [2.75, 3.05) is 13.1 Å². The number of amides is 1. The molecule has 3 rings (SSSR count). The number of benzene rings is 1. The van der Waals surface area contributed by atoms with E-state index in [2.05, 4.69) is 4.98 Å². The Morgan fingerprint density at radius 2 is 2.00 bits per heavy atom. The molecule has 1 atom stereocenters. The smallest absolute Gasteiger partial charge is 0.326 e. The van der Waals surface area contributed by atoms with Crippen LogP contribution in [0.15, 0.2) is 29.1 Å². The number of hydrogen-bond donors (Lipinski definition) is 1. The number of nitrogens with zero attached hydrogens (tertiary/aromatic N) is 2. The molecule has 22 heavy (non-hydrogen) atoms. The summed E-state index contributed by atoms with van der Waals surface area (Å²) < 4.78 is 1.86. The van der Waals surface area contributed by atoms with Gasteiger partial charge in [0.25, 0.3) is 0 Å². The summed E-state index contributed by atoms with van der Waals surface area (Å²) in [6.45, 7) is 5.50. The normalized spacial score (nSPS) is 17.8. The molecule has 0 aliphatic carbocycles. The number of hydrogen-bond acceptors (Lipinski definition) is 2. The number of H-pyrrole nitrogens is 1. The van der Waals surface area contributed by atoms with Gasteiger partial charge in [0, 0.05) is 25.0 Å². The van der Waals surface area contributed by atoms with Gasteiger partial charge in [0.2, 0.25) is 5.91 Å². The number of carbonyl (C=O) groups excluding carboxylic acids is 1. The SMILES string of the molecule is CC[C@H](C)C(=O)N1CCC(n2c(=O)[nH]c3ccccc32)CC1. The van der Waals surface area contributed by atoms with Crippen LogP contribution in [0.25, 0.3) is 11.0 Å². The lowest BCUT2D eigenvalue weighted by atomic mass is 10.0. The van der Waals surface area contributed by atoms with Gasteiger partial charge in [-0.1, -0.05) is 26.0 Å². The minimum Gasteiger partial charge on any atom is -0.342 e. The number of piperidine rings is 1. The van der Waals surface area contributed by atoms with Crippen molar-refractivity contribution in [2.24, 2.45) is 5.92 Å². The number of carbonyl (C=O) groups is 1. The fourth-order valence-electron chi connectivity index (χ4n) is 3.27. The van der Waals surface area contributed by atoms with Crippen LogP contribution in [-0.4, -0.2) is 33.4 Å². The predicted molar refractivity (Wildman–Crippen MR) is 86.9 cm³/mol. The van der Waals surface area contributed by atoms with Crippen LogP contribution in [0.5, 0.6) is 0 Å². The fourth-order valence-corrected chi connectivity index (χ4v) is 3.27. The third kappa shape index (κ3) is 2.56. The molecule has 2 heterocycles. The zero-order valence-corrected chi connectivity index (χ0v) is 13.2. The van der Waals surface area contributed by atoms with Crippen LogP contribution >= 0.6 is 0 Å². The lowest BCUT2D eigenvalue weighted by Crippen LogP contribution is -2.42. The van der Waals surface area contributed by atoms with Crippen LogP contribution in [0, 0.1) is 5.92 Å². The molecule has 1 N–H and O–H groups in total. The van der Waals surface area contributed by atoms with Crippen molar-refractivity contribution >= 4 is 16.9 Å². The van der Waals surface area contributed by atoms with E-state index in [0.717, 1.165) is 43.4 Å². The van der Waals surface area contributed by atoms with Crippen molar-refractivity contribution in [2.45, 2.75) is 39.2 Å². The Hall–Kier alpha value is -2.04. The number of imidazole rings is 1. The summed E-state index contributed by atoms with van der Waals surface area (Å²) in [6.07, 6.45) is 2.55. The summed E-state index contributed by atoms with van der Waals surface area (Å²) >= 11 is 0. The second-order valence-electron chi connectivity index (χ2n) is 6.18. The molecule has 0 unspecified atom stereocenters. The minimum atomic E-state index is -0.0482. The molecule has 1 fully saturated rings. The monoisotopic (exact) mass is 301 g/mol. The maximum Gasteiger partial charge on any atom is 0.326 e. The van der Waals surface area contributed by atoms with E-state index < -0.39 is 0 Å². The van der Waals surface area contributed by atoms with Crippen LogP contribution in [0.4, 0.5) is 0 Å². The lowest BCUT2D eigenvalue weighted by Gasteiger charge is -2.34. The molecule has 5 heteroatoms. The summed E-state index contributed by atoms with van der Waals surface area (Å²) in [6, 6.07) is 7.95. The third-order valence-electron chi connectivity index (χ3n) is 4.80. The third-order valence-corrected chi connectivity index (χ3v) is 4.80. The number of nitrogens with one attached hydrogen (secondary N) is 1. The number of rotatable bonds is 3. The molecule has 1 aliphatic rings. The maximum absolute atomic E-state index is 12.3. The van der Waals surface area contributed by atoms with Gasteiger partial charge >= 0.3 is 5.69 Å². The van der Waals surface area contributed by atoms with Gasteiger partial charge in [-0.2, -0.15) is 0 Å². The molecule has 1 aromatic heterocycles. The Morgan fingerprint density at radius 1 is 1.32 bits per heavy atom. The average molecular weight is 301 g/mol. The zero-order valence-electron chi connectivity index (χ0n) is 13.2. The molecule has 0 saturated carbocycles. The van der Waals surface area contributed by atoms with Crippen LogP contribution < -0.4 is 5.69 Å². The van der Waals surface area contributed by atoms with Crippen LogP contribution in [-0.2, 0) is 4.79 Å². The van der Waals surface area contributed by atoms with Crippen molar-refractivity contribution in [3.05, 3.63) is 34.7 Å². The highest BCUT2D eigenvalue weighted by atomic mass is 16.2. The molecule has 5 nitrogen and oxygen atoms in total. The van der Waals surface area contributed by atoms with Gasteiger partial charge in [-0.3, -0.25) is 9.36 Å². The lowest BCUT2D eigenvalue weighted by molar-refractivity contribution is -0.136. The molecule has 1 aromatic carbocycles. The summed E-state index contributed by atoms with van der Waals surface area (Å²) in [5.41, 5.74) is 1.79. The van der Waals surface area contributed by atoms with Crippen LogP contribution in [0.2, 0.25) is 0 Å². The molecule has 0 bridgehead atoms. The molecular weight excluding hydrogens is 278 g/mol. The first kappa shape index (κ1) is 14.9. The Morgan fingerprint density at radius 3 is 2.68 bits per heavy atom. The Labute approximate surface area is 129 Å². The van der Waals surface area contributed by atoms with E-state index in [1.165, 1.54) is 0 Å². The van der Waals surface area contributed by atoms with Gasteiger partial charge in [-0.25, -0.2) is 4.79 Å². The molecule has 0 radical (unpaired) electrons. The number of likely N-dealkylation sites (tertiary alicyclic amines) is 1. The Kier molecular flexibility index (Phi) is 4.05. The second-order valence-corrected chi connectivity index (χ2v) is 6.18. The van der Waals surface area contributed by atoms with Crippen molar-refractivity contribution in [1.82, 2.24) is 14.5 Å². The fraction of sp³-hybridized carbons (Fsp3) is 0.529. The highest BCUT2D eigenvalue weighted by molar-refractivity contribution is 5.78. The quantitative estimate of drug-likeness (QED) is 0.947. The van der Waals surface area contributed by atoms with E-state index in [1.54, 1.807) is 0 Å². The molecule has 1 saturated heterocycles. The maximum atomic E-state index is 12.3. The van der Waals surface area contributed by atoms with E-state index in [-0.39, 0.29) is 23.6 Å². The van der Waals surface area contributed by atoms with Crippen LogP contribution in [0.1, 0.15) is 39.2 Å². The average Bonchev–Trinajstić information content (AvgIpc) is 2.89. The van der Waals surface area contributed by atoms with Crippen LogP contribution in [0.3, 0.4) is 0 Å². The van der Waals surface area contributed by atoms with E-state index in [4.69, 9.17) is 0 Å². The van der Waals surface area contributed by atoms with Gasteiger partial charge in [-0.15, -0.1) is 0 Å². The van der Waals surface area contributed by atoms with E-state index in [0.29, 0.717) is 0 Å². The molecule has 1 amide bonds. The highest BCUT2D eigenvalue weighted by Gasteiger charge is 2.27. The second kappa shape index (κ2) is 5.99. The summed E-state index contributed by atoms with van der Waals surface area (Å²) in [4.78, 5) is 29.3. The van der Waals surface area contributed by atoms with E-state index >= 15 is 0 Å². The summed E-state index contributed by atoms with van der Waals surface area (Å²) in [5.74, 6) is 0.333. The van der Waals surface area contributed by atoms with Crippen molar-refractivity contribution in [3.8, 4) is 0 Å². The molecule has 1 aliphatic heterocycles. The highest BCUT2D eigenvalue weighted by Crippen LogP contribution is 2.25. The van der Waals surface area contributed by atoms with E-state index in [9.17, 15) is 9.59 Å². The first-order chi connectivity index (χ1) is 10.6. The first-order valence-electron chi connectivity index (χ1n) is 8.09. The van der Waals surface area contributed by atoms with Gasteiger partial charge in [0.15, 0.2) is 0 Å². The van der Waals surface area contributed by atoms with Crippen molar-refractivity contribution in [3.63, 3.8) is 0 Å².